The fraction of sp³-hybridized carbons (Fsp3) is 0.286. The van der Waals surface area contributed by atoms with E-state index in [2.05, 4.69) is 10.4 Å². The summed E-state index contributed by atoms with van der Waals surface area (Å²) < 4.78 is 1.66. The Hall–Kier alpha value is -1.81. The van der Waals surface area contributed by atoms with Crippen molar-refractivity contribution in [3.05, 3.63) is 51.8 Å². The van der Waals surface area contributed by atoms with Gasteiger partial charge in [-0.25, -0.2) is 0 Å². The highest BCUT2D eigenvalue weighted by atomic mass is 35.5. The average molecular weight is 278 g/mol. The van der Waals surface area contributed by atoms with E-state index in [0.29, 0.717) is 17.1 Å². The molecule has 0 radical (unpaired) electrons. The Morgan fingerprint density at radius 2 is 2.11 bits per heavy atom. The van der Waals surface area contributed by atoms with Gasteiger partial charge in [0.15, 0.2) is 0 Å². The summed E-state index contributed by atoms with van der Waals surface area (Å²) in [6.07, 6.45) is 1.57. The second-order valence-corrected chi connectivity index (χ2v) is 4.95. The van der Waals surface area contributed by atoms with Gasteiger partial charge in [0.25, 0.3) is 5.91 Å². The van der Waals surface area contributed by atoms with Crippen LogP contribution in [0.5, 0.6) is 0 Å². The summed E-state index contributed by atoms with van der Waals surface area (Å²) >= 11 is 5.99. The van der Waals surface area contributed by atoms with Gasteiger partial charge in [-0.15, -0.1) is 0 Å². The maximum absolute atomic E-state index is 12.0. The number of halogens is 1. The van der Waals surface area contributed by atoms with Crippen molar-refractivity contribution in [3.63, 3.8) is 0 Å². The fourth-order valence-corrected chi connectivity index (χ4v) is 2.02. The van der Waals surface area contributed by atoms with E-state index in [9.17, 15) is 4.79 Å². The van der Waals surface area contributed by atoms with Crippen molar-refractivity contribution in [1.82, 2.24) is 15.1 Å². The molecule has 19 heavy (non-hydrogen) atoms. The molecule has 1 aromatic heterocycles. The van der Waals surface area contributed by atoms with Crippen LogP contribution in [0.15, 0.2) is 24.4 Å². The van der Waals surface area contributed by atoms with Crippen molar-refractivity contribution in [2.75, 3.05) is 0 Å². The standard InChI is InChI=1S/C14H16ClN3O/c1-9-4-5-11(6-10(9)2)14(19)16-8-13-12(15)7-17-18(13)3/h4-7H,8H2,1-3H3,(H,16,19). The van der Waals surface area contributed by atoms with E-state index in [1.807, 2.05) is 32.0 Å². The number of rotatable bonds is 3. The Balaban J connectivity index is 2.07. The number of amides is 1. The molecule has 1 heterocycles. The summed E-state index contributed by atoms with van der Waals surface area (Å²) in [5.74, 6) is -0.111. The van der Waals surface area contributed by atoms with Crippen molar-refractivity contribution in [3.8, 4) is 0 Å². The molecule has 0 fully saturated rings. The number of nitrogens with zero attached hydrogens (tertiary/aromatic N) is 2. The van der Waals surface area contributed by atoms with E-state index in [1.165, 1.54) is 5.56 Å². The molecule has 0 aliphatic rings. The van der Waals surface area contributed by atoms with E-state index >= 15 is 0 Å². The summed E-state index contributed by atoms with van der Waals surface area (Å²) in [6.45, 7) is 4.37. The highest BCUT2D eigenvalue weighted by molar-refractivity contribution is 6.31. The number of nitrogens with one attached hydrogen (secondary N) is 1. The molecular weight excluding hydrogens is 262 g/mol. The maximum atomic E-state index is 12.0. The lowest BCUT2D eigenvalue weighted by molar-refractivity contribution is 0.0950. The molecule has 0 bridgehead atoms. The smallest absolute Gasteiger partial charge is 0.251 e. The minimum Gasteiger partial charge on any atom is -0.346 e. The summed E-state index contributed by atoms with van der Waals surface area (Å²) in [7, 11) is 1.80. The number of aryl methyl sites for hydroxylation is 3. The molecule has 0 saturated heterocycles. The first-order valence-corrected chi connectivity index (χ1v) is 6.38. The van der Waals surface area contributed by atoms with Crippen LogP contribution in [0.3, 0.4) is 0 Å². The van der Waals surface area contributed by atoms with Gasteiger partial charge in [0.2, 0.25) is 0 Å². The molecule has 1 N–H and O–H groups in total. The monoisotopic (exact) mass is 277 g/mol. The van der Waals surface area contributed by atoms with Gasteiger partial charge in [-0.05, 0) is 37.1 Å². The molecule has 100 valence electrons. The van der Waals surface area contributed by atoms with Gasteiger partial charge in [-0.2, -0.15) is 5.10 Å². The number of aromatic nitrogens is 2. The third kappa shape index (κ3) is 2.96. The van der Waals surface area contributed by atoms with Crippen molar-refractivity contribution in [2.45, 2.75) is 20.4 Å². The first kappa shape index (κ1) is 13.6. The van der Waals surface area contributed by atoms with Crippen LogP contribution in [-0.4, -0.2) is 15.7 Å². The lowest BCUT2D eigenvalue weighted by atomic mass is 10.1. The van der Waals surface area contributed by atoms with Gasteiger partial charge in [-0.3, -0.25) is 9.48 Å². The van der Waals surface area contributed by atoms with Gasteiger partial charge in [0, 0.05) is 12.6 Å². The Morgan fingerprint density at radius 3 is 2.68 bits per heavy atom. The van der Waals surface area contributed by atoms with Crippen LogP contribution in [0.25, 0.3) is 0 Å². The molecule has 2 rings (SSSR count). The van der Waals surface area contributed by atoms with Gasteiger partial charge in [-0.1, -0.05) is 17.7 Å². The molecule has 0 spiro atoms. The third-order valence-electron chi connectivity index (χ3n) is 3.20. The van der Waals surface area contributed by atoms with Crippen molar-refractivity contribution in [1.29, 1.82) is 0 Å². The van der Waals surface area contributed by atoms with E-state index in [0.717, 1.165) is 11.3 Å². The second kappa shape index (κ2) is 5.45. The van der Waals surface area contributed by atoms with Crippen molar-refractivity contribution < 1.29 is 4.79 Å². The minimum absolute atomic E-state index is 0.111. The summed E-state index contributed by atoms with van der Waals surface area (Å²) in [6, 6.07) is 5.65. The summed E-state index contributed by atoms with van der Waals surface area (Å²) in [4.78, 5) is 12.0. The third-order valence-corrected chi connectivity index (χ3v) is 3.51. The van der Waals surface area contributed by atoms with Gasteiger partial charge >= 0.3 is 0 Å². The summed E-state index contributed by atoms with van der Waals surface area (Å²) in [5.41, 5.74) is 3.72. The van der Waals surface area contributed by atoms with Crippen molar-refractivity contribution >= 4 is 17.5 Å². The number of hydrogen-bond donors (Lipinski definition) is 1. The molecule has 1 amide bonds. The van der Waals surface area contributed by atoms with Crippen LogP contribution >= 0.6 is 11.6 Å². The molecule has 4 nitrogen and oxygen atoms in total. The molecule has 5 heteroatoms. The highest BCUT2D eigenvalue weighted by Crippen LogP contribution is 2.14. The van der Waals surface area contributed by atoms with Gasteiger partial charge < -0.3 is 5.32 Å². The molecule has 0 aliphatic carbocycles. The normalized spacial score (nSPS) is 10.5. The first-order valence-electron chi connectivity index (χ1n) is 6.01. The second-order valence-electron chi connectivity index (χ2n) is 4.54. The molecule has 0 unspecified atom stereocenters. The fourth-order valence-electron chi connectivity index (χ4n) is 1.78. The Bertz CT molecular complexity index is 600. The molecule has 0 saturated carbocycles. The average Bonchev–Trinajstić information content (AvgIpc) is 2.69. The van der Waals surface area contributed by atoms with Crippen LogP contribution < -0.4 is 5.32 Å². The zero-order valence-corrected chi connectivity index (χ0v) is 12.0. The molecular formula is C14H16ClN3O. The van der Waals surface area contributed by atoms with Crippen LogP contribution in [0.2, 0.25) is 5.02 Å². The molecule has 2 aromatic rings. The predicted molar refractivity (Wildman–Crippen MR) is 75.3 cm³/mol. The Morgan fingerprint density at radius 1 is 1.37 bits per heavy atom. The highest BCUT2D eigenvalue weighted by Gasteiger charge is 2.10. The predicted octanol–water partition coefficient (Wildman–Crippen LogP) is 2.62. The Labute approximate surface area is 117 Å². The number of hydrogen-bond acceptors (Lipinski definition) is 2. The number of benzene rings is 1. The molecule has 0 atom stereocenters. The zero-order chi connectivity index (χ0) is 14.0. The topological polar surface area (TPSA) is 46.9 Å². The number of carbonyl (C=O) groups is 1. The maximum Gasteiger partial charge on any atom is 0.251 e. The van der Waals surface area contributed by atoms with Gasteiger partial charge in [0.1, 0.15) is 0 Å². The van der Waals surface area contributed by atoms with E-state index < -0.39 is 0 Å². The van der Waals surface area contributed by atoms with E-state index in [-0.39, 0.29) is 5.91 Å². The lowest BCUT2D eigenvalue weighted by Gasteiger charge is -2.08. The van der Waals surface area contributed by atoms with Crippen LogP contribution in [0.4, 0.5) is 0 Å². The number of carbonyl (C=O) groups excluding carboxylic acids is 1. The van der Waals surface area contributed by atoms with Crippen LogP contribution in [-0.2, 0) is 13.6 Å². The largest absolute Gasteiger partial charge is 0.346 e. The zero-order valence-electron chi connectivity index (χ0n) is 11.2. The van der Waals surface area contributed by atoms with E-state index in [1.54, 1.807) is 17.9 Å². The SMILES string of the molecule is Cc1ccc(C(=O)NCc2c(Cl)cnn2C)cc1C. The van der Waals surface area contributed by atoms with Crippen LogP contribution in [0.1, 0.15) is 27.2 Å². The summed E-state index contributed by atoms with van der Waals surface area (Å²) in [5, 5.41) is 7.43. The van der Waals surface area contributed by atoms with Crippen LogP contribution in [0, 0.1) is 13.8 Å². The van der Waals surface area contributed by atoms with E-state index in [4.69, 9.17) is 11.6 Å². The minimum atomic E-state index is -0.111. The Kier molecular flexibility index (Phi) is 3.90. The quantitative estimate of drug-likeness (QED) is 0.937. The molecule has 1 aromatic carbocycles. The first-order chi connectivity index (χ1) is 8.99. The van der Waals surface area contributed by atoms with Crippen molar-refractivity contribution in [2.24, 2.45) is 7.05 Å². The lowest BCUT2D eigenvalue weighted by Crippen LogP contribution is -2.24. The van der Waals surface area contributed by atoms with Gasteiger partial charge in [0.05, 0.1) is 23.5 Å². The molecule has 0 aliphatic heterocycles.